The zero-order valence-electron chi connectivity index (χ0n) is 11.4. The van der Waals surface area contributed by atoms with Crippen LogP contribution in [-0.4, -0.2) is 57.3 Å². The van der Waals surface area contributed by atoms with Crippen molar-refractivity contribution in [2.75, 3.05) is 39.5 Å². The summed E-state index contributed by atoms with van der Waals surface area (Å²) in [6.45, 7) is 6.11. The summed E-state index contributed by atoms with van der Waals surface area (Å²) in [5.41, 5.74) is 0. The van der Waals surface area contributed by atoms with Gasteiger partial charge in [-0.25, -0.2) is 4.72 Å². The highest BCUT2D eigenvalue weighted by Crippen LogP contribution is 2.01. The maximum absolute atomic E-state index is 11.9. The van der Waals surface area contributed by atoms with Gasteiger partial charge in [-0.2, -0.15) is 12.7 Å². The summed E-state index contributed by atoms with van der Waals surface area (Å²) in [6, 6.07) is 0. The summed E-state index contributed by atoms with van der Waals surface area (Å²) in [6.07, 6.45) is 2.21. The molecule has 0 aromatic rings. The minimum Gasteiger partial charge on any atom is -0.394 e. The number of nitrogens with one attached hydrogen (secondary N) is 1. The Labute approximate surface area is 111 Å². The third-order valence-electron chi connectivity index (χ3n) is 2.27. The Morgan fingerprint density at radius 3 is 2.28 bits per heavy atom. The molecule has 0 radical (unpaired) electrons. The van der Waals surface area contributed by atoms with E-state index < -0.39 is 10.2 Å². The van der Waals surface area contributed by atoms with Crippen molar-refractivity contribution in [3.05, 3.63) is 0 Å². The van der Waals surface area contributed by atoms with Gasteiger partial charge in [0.25, 0.3) is 10.2 Å². The number of aliphatic hydroxyl groups is 1. The van der Waals surface area contributed by atoms with Crippen LogP contribution in [-0.2, 0) is 14.9 Å². The molecule has 0 aliphatic rings. The Kier molecular flexibility index (Phi) is 10.6. The molecule has 0 rings (SSSR count). The van der Waals surface area contributed by atoms with Crippen molar-refractivity contribution >= 4 is 10.2 Å². The molecule has 0 aromatic carbocycles. The topological polar surface area (TPSA) is 78.9 Å². The predicted molar refractivity (Wildman–Crippen MR) is 71.6 cm³/mol. The van der Waals surface area contributed by atoms with Crippen LogP contribution in [0.15, 0.2) is 0 Å². The van der Waals surface area contributed by atoms with E-state index in [0.29, 0.717) is 39.3 Å². The van der Waals surface area contributed by atoms with E-state index in [0.717, 1.165) is 12.8 Å². The van der Waals surface area contributed by atoms with Crippen LogP contribution in [0, 0.1) is 0 Å². The average Bonchev–Trinajstić information content (AvgIpc) is 2.33. The van der Waals surface area contributed by atoms with Crippen LogP contribution in [0.5, 0.6) is 0 Å². The largest absolute Gasteiger partial charge is 0.394 e. The zero-order chi connectivity index (χ0) is 13.9. The lowest BCUT2D eigenvalue weighted by atomic mass is 10.4. The maximum Gasteiger partial charge on any atom is 0.279 e. The molecule has 0 fully saturated rings. The molecule has 0 bridgehead atoms. The number of nitrogens with zero attached hydrogens (tertiary/aromatic N) is 1. The Bertz CT molecular complexity index is 277. The van der Waals surface area contributed by atoms with E-state index in [1.54, 1.807) is 0 Å². The Balaban J connectivity index is 3.95. The first kappa shape index (κ1) is 17.8. The van der Waals surface area contributed by atoms with Gasteiger partial charge in [-0.1, -0.05) is 13.8 Å². The Morgan fingerprint density at radius 2 is 1.78 bits per heavy atom. The van der Waals surface area contributed by atoms with E-state index in [4.69, 9.17) is 9.84 Å². The van der Waals surface area contributed by atoms with Crippen LogP contribution < -0.4 is 4.72 Å². The smallest absolute Gasteiger partial charge is 0.279 e. The maximum atomic E-state index is 11.9. The van der Waals surface area contributed by atoms with Crippen LogP contribution in [0.25, 0.3) is 0 Å². The average molecular weight is 282 g/mol. The van der Waals surface area contributed by atoms with E-state index in [2.05, 4.69) is 4.72 Å². The number of hydrogen-bond acceptors (Lipinski definition) is 4. The summed E-state index contributed by atoms with van der Waals surface area (Å²) < 4.78 is 33.0. The molecule has 0 spiro atoms. The lowest BCUT2D eigenvalue weighted by Crippen LogP contribution is -2.42. The predicted octanol–water partition coefficient (Wildman–Crippen LogP) is 0.342. The first-order valence-corrected chi connectivity index (χ1v) is 7.95. The summed E-state index contributed by atoms with van der Waals surface area (Å²) in [7, 11) is -3.36. The minimum absolute atomic E-state index is 0.00744. The summed E-state index contributed by atoms with van der Waals surface area (Å²) in [5, 5.41) is 8.50. The number of aliphatic hydroxyl groups excluding tert-OH is 1. The van der Waals surface area contributed by atoms with E-state index >= 15 is 0 Å². The molecule has 0 aromatic heterocycles. The van der Waals surface area contributed by atoms with Crippen LogP contribution in [0.1, 0.15) is 33.1 Å². The number of ether oxygens (including phenoxy) is 1. The highest BCUT2D eigenvalue weighted by atomic mass is 32.2. The minimum atomic E-state index is -3.36. The van der Waals surface area contributed by atoms with Gasteiger partial charge in [-0.3, -0.25) is 0 Å². The summed E-state index contributed by atoms with van der Waals surface area (Å²) in [5.74, 6) is 0. The van der Waals surface area contributed by atoms with Crippen molar-refractivity contribution in [3.63, 3.8) is 0 Å². The van der Waals surface area contributed by atoms with Gasteiger partial charge in [-0.15, -0.1) is 0 Å². The molecule has 0 saturated carbocycles. The van der Waals surface area contributed by atoms with Gasteiger partial charge in [-0.05, 0) is 19.3 Å². The monoisotopic (exact) mass is 282 g/mol. The first-order chi connectivity index (χ1) is 8.58. The molecule has 0 aliphatic carbocycles. The van der Waals surface area contributed by atoms with E-state index in [1.807, 2.05) is 13.8 Å². The second-order valence-electron chi connectivity index (χ2n) is 3.99. The molecule has 0 unspecified atom stereocenters. The second-order valence-corrected chi connectivity index (χ2v) is 5.74. The lowest BCUT2D eigenvalue weighted by Gasteiger charge is -2.21. The fourth-order valence-electron chi connectivity index (χ4n) is 1.48. The molecular weight excluding hydrogens is 256 g/mol. The number of hydrogen-bond donors (Lipinski definition) is 2. The standard InChI is InChI=1S/C11H26N2O4S/c1-3-7-13(8-4-2)18(15,16)12-6-5-10-17-11-9-14/h12,14H,3-11H2,1-2H3. The Hall–Kier alpha value is -0.210. The van der Waals surface area contributed by atoms with Crippen LogP contribution in [0.3, 0.4) is 0 Å². The van der Waals surface area contributed by atoms with Gasteiger partial charge in [0, 0.05) is 26.2 Å². The van der Waals surface area contributed by atoms with Crippen molar-refractivity contribution in [1.82, 2.24) is 9.03 Å². The quantitative estimate of drug-likeness (QED) is 0.506. The van der Waals surface area contributed by atoms with E-state index in [-0.39, 0.29) is 6.61 Å². The van der Waals surface area contributed by atoms with Crippen LogP contribution >= 0.6 is 0 Å². The third-order valence-corrected chi connectivity index (χ3v) is 3.89. The van der Waals surface area contributed by atoms with Crippen molar-refractivity contribution in [3.8, 4) is 0 Å². The van der Waals surface area contributed by atoms with Crippen molar-refractivity contribution in [2.45, 2.75) is 33.1 Å². The van der Waals surface area contributed by atoms with Crippen molar-refractivity contribution in [2.24, 2.45) is 0 Å². The highest BCUT2D eigenvalue weighted by molar-refractivity contribution is 7.87. The molecule has 7 heteroatoms. The molecular formula is C11H26N2O4S. The number of rotatable bonds is 12. The van der Waals surface area contributed by atoms with Gasteiger partial charge in [0.1, 0.15) is 0 Å². The molecule has 110 valence electrons. The summed E-state index contributed by atoms with van der Waals surface area (Å²) in [4.78, 5) is 0. The lowest BCUT2D eigenvalue weighted by molar-refractivity contribution is 0.0913. The van der Waals surface area contributed by atoms with Gasteiger partial charge >= 0.3 is 0 Å². The summed E-state index contributed by atoms with van der Waals surface area (Å²) >= 11 is 0. The molecule has 0 aliphatic heterocycles. The molecule has 0 heterocycles. The van der Waals surface area contributed by atoms with Gasteiger partial charge in [0.15, 0.2) is 0 Å². The zero-order valence-corrected chi connectivity index (χ0v) is 12.2. The normalized spacial score (nSPS) is 12.2. The fraction of sp³-hybridized carbons (Fsp3) is 1.00. The second kappa shape index (κ2) is 10.7. The highest BCUT2D eigenvalue weighted by Gasteiger charge is 2.18. The van der Waals surface area contributed by atoms with Crippen molar-refractivity contribution < 1.29 is 18.3 Å². The molecule has 2 N–H and O–H groups in total. The van der Waals surface area contributed by atoms with Crippen LogP contribution in [0.2, 0.25) is 0 Å². The van der Waals surface area contributed by atoms with Crippen molar-refractivity contribution in [1.29, 1.82) is 0 Å². The SMILES string of the molecule is CCCN(CCC)S(=O)(=O)NCCCOCCO. The van der Waals surface area contributed by atoms with Gasteiger partial charge in [0.2, 0.25) is 0 Å². The molecule has 0 atom stereocenters. The first-order valence-electron chi connectivity index (χ1n) is 6.51. The van der Waals surface area contributed by atoms with Gasteiger partial charge < -0.3 is 9.84 Å². The molecule has 6 nitrogen and oxygen atoms in total. The fourth-order valence-corrected chi connectivity index (χ4v) is 2.91. The van der Waals surface area contributed by atoms with Crippen LogP contribution in [0.4, 0.5) is 0 Å². The van der Waals surface area contributed by atoms with Gasteiger partial charge in [0.05, 0.1) is 13.2 Å². The molecule has 0 saturated heterocycles. The third kappa shape index (κ3) is 7.99. The molecule has 18 heavy (non-hydrogen) atoms. The molecule has 0 amide bonds. The van der Waals surface area contributed by atoms with E-state index in [1.165, 1.54) is 4.31 Å². The van der Waals surface area contributed by atoms with E-state index in [9.17, 15) is 8.42 Å². The Morgan fingerprint density at radius 1 is 1.17 bits per heavy atom.